The zero-order valence-electron chi connectivity index (χ0n) is 7.98. The Balaban J connectivity index is 3.63. The predicted molar refractivity (Wildman–Crippen MR) is 55.5 cm³/mol. The first-order chi connectivity index (χ1) is 6.07. The van der Waals surface area contributed by atoms with Crippen molar-refractivity contribution >= 4 is 17.5 Å². The first-order valence-electron chi connectivity index (χ1n) is 4.44. The van der Waals surface area contributed by atoms with E-state index in [0.29, 0.717) is 11.6 Å². The van der Waals surface area contributed by atoms with Gasteiger partial charge in [-0.1, -0.05) is 37.9 Å². The van der Waals surface area contributed by atoms with Gasteiger partial charge in [-0.3, -0.25) is 4.79 Å². The highest BCUT2D eigenvalue weighted by atomic mass is 35.5. The molecule has 0 saturated heterocycles. The molecule has 4 heteroatoms. The average molecular weight is 205 g/mol. The van der Waals surface area contributed by atoms with E-state index in [-0.39, 0.29) is 5.91 Å². The summed E-state index contributed by atoms with van der Waals surface area (Å²) >= 11 is 5.48. The van der Waals surface area contributed by atoms with Crippen molar-refractivity contribution in [3.63, 3.8) is 0 Å². The molecule has 13 heavy (non-hydrogen) atoms. The summed E-state index contributed by atoms with van der Waals surface area (Å²) in [4.78, 5) is 11.2. The highest BCUT2D eigenvalue weighted by Gasteiger charge is 2.11. The van der Waals surface area contributed by atoms with Crippen LogP contribution in [0.25, 0.3) is 0 Å². The molecular formula is C9H17ClN2O. The zero-order valence-corrected chi connectivity index (χ0v) is 8.73. The molecule has 3 N–H and O–H groups in total. The van der Waals surface area contributed by atoms with Crippen LogP contribution >= 0.6 is 11.6 Å². The number of carbonyl (C=O) groups is 1. The Morgan fingerprint density at radius 1 is 1.69 bits per heavy atom. The number of halogens is 1. The third-order valence-corrected chi connectivity index (χ3v) is 1.79. The molecule has 0 aromatic rings. The second-order valence-corrected chi connectivity index (χ2v) is 3.52. The molecule has 0 unspecified atom stereocenters. The summed E-state index contributed by atoms with van der Waals surface area (Å²) in [5, 5.41) is 3.01. The smallest absolute Gasteiger partial charge is 0.237 e. The quantitative estimate of drug-likeness (QED) is 0.687. The van der Waals surface area contributed by atoms with Crippen molar-refractivity contribution in [2.45, 2.75) is 32.2 Å². The molecule has 0 fully saturated rings. The van der Waals surface area contributed by atoms with Crippen molar-refractivity contribution in [1.82, 2.24) is 5.32 Å². The average Bonchev–Trinajstić information content (AvgIpc) is 2.10. The summed E-state index contributed by atoms with van der Waals surface area (Å²) in [5.74, 6) is -0.157. The van der Waals surface area contributed by atoms with Crippen LogP contribution < -0.4 is 11.1 Å². The van der Waals surface area contributed by atoms with Gasteiger partial charge in [-0.25, -0.2) is 0 Å². The van der Waals surface area contributed by atoms with Crippen LogP contribution in [0.3, 0.4) is 0 Å². The summed E-state index contributed by atoms with van der Waals surface area (Å²) in [6.07, 6.45) is 2.73. The van der Waals surface area contributed by atoms with Crippen molar-refractivity contribution in [2.75, 3.05) is 6.54 Å². The van der Waals surface area contributed by atoms with E-state index in [1.165, 1.54) is 0 Å². The molecule has 0 radical (unpaired) electrons. The van der Waals surface area contributed by atoms with Crippen LogP contribution in [0.1, 0.15) is 26.2 Å². The van der Waals surface area contributed by atoms with Crippen LogP contribution in [0.5, 0.6) is 0 Å². The summed E-state index contributed by atoms with van der Waals surface area (Å²) in [6.45, 7) is 5.81. The minimum atomic E-state index is -0.420. The molecule has 0 spiro atoms. The fourth-order valence-corrected chi connectivity index (χ4v) is 0.936. The van der Waals surface area contributed by atoms with Gasteiger partial charge in [0.15, 0.2) is 0 Å². The largest absolute Gasteiger partial charge is 0.350 e. The Bertz CT molecular complexity index is 182. The van der Waals surface area contributed by atoms with E-state index >= 15 is 0 Å². The van der Waals surface area contributed by atoms with E-state index in [1.54, 1.807) is 0 Å². The Morgan fingerprint density at radius 3 is 2.77 bits per heavy atom. The third kappa shape index (κ3) is 6.61. The Morgan fingerprint density at radius 2 is 2.31 bits per heavy atom. The molecule has 3 nitrogen and oxygen atoms in total. The first kappa shape index (κ1) is 12.5. The Labute approximate surface area is 84.3 Å². The Hall–Kier alpha value is -0.540. The van der Waals surface area contributed by atoms with Gasteiger partial charge >= 0.3 is 0 Å². The first-order valence-corrected chi connectivity index (χ1v) is 4.82. The highest BCUT2D eigenvalue weighted by molar-refractivity contribution is 6.29. The van der Waals surface area contributed by atoms with Gasteiger partial charge in [0.2, 0.25) is 5.91 Å². The van der Waals surface area contributed by atoms with E-state index in [9.17, 15) is 4.79 Å². The van der Waals surface area contributed by atoms with Crippen LogP contribution in [-0.4, -0.2) is 18.5 Å². The number of unbranched alkanes of at least 4 members (excludes halogenated alkanes) is 1. The maximum Gasteiger partial charge on any atom is 0.237 e. The topological polar surface area (TPSA) is 55.1 Å². The molecule has 0 aliphatic rings. The second-order valence-electron chi connectivity index (χ2n) is 2.98. The van der Waals surface area contributed by atoms with Crippen molar-refractivity contribution in [3.05, 3.63) is 11.6 Å². The lowest BCUT2D eigenvalue weighted by molar-refractivity contribution is -0.122. The fourth-order valence-electron chi connectivity index (χ4n) is 0.869. The molecule has 1 amide bonds. The summed E-state index contributed by atoms with van der Waals surface area (Å²) in [5.41, 5.74) is 5.60. The summed E-state index contributed by atoms with van der Waals surface area (Å²) < 4.78 is 0. The second kappa shape index (κ2) is 6.92. The monoisotopic (exact) mass is 204 g/mol. The minimum absolute atomic E-state index is 0.157. The zero-order chi connectivity index (χ0) is 10.3. The fraction of sp³-hybridized carbons (Fsp3) is 0.667. The van der Waals surface area contributed by atoms with Crippen LogP contribution in [0.15, 0.2) is 11.6 Å². The van der Waals surface area contributed by atoms with Crippen LogP contribution in [0.2, 0.25) is 0 Å². The molecule has 0 rings (SSSR count). The number of amides is 1. The molecule has 76 valence electrons. The van der Waals surface area contributed by atoms with E-state index in [0.717, 1.165) is 19.3 Å². The van der Waals surface area contributed by atoms with Gasteiger partial charge in [-0.15, -0.1) is 0 Å². The van der Waals surface area contributed by atoms with Crippen molar-refractivity contribution < 1.29 is 4.79 Å². The lowest BCUT2D eigenvalue weighted by Crippen LogP contribution is -2.40. The minimum Gasteiger partial charge on any atom is -0.350 e. The number of nitrogens with two attached hydrogens (primary N) is 1. The molecule has 0 aromatic carbocycles. The standard InChI is InChI=1S/C9H17ClN2O/c1-3-4-5-8(11)9(13)12-6-7(2)10/h8H,2-6,11H2,1H3,(H,12,13)/t8-/m0/s1. The normalized spacial score (nSPS) is 12.2. The molecule has 0 saturated carbocycles. The van der Waals surface area contributed by atoms with E-state index in [2.05, 4.69) is 18.8 Å². The molecular weight excluding hydrogens is 188 g/mol. The van der Waals surface area contributed by atoms with Crippen LogP contribution in [0.4, 0.5) is 0 Å². The molecule has 1 atom stereocenters. The van der Waals surface area contributed by atoms with Gasteiger partial charge in [0.1, 0.15) is 0 Å². The van der Waals surface area contributed by atoms with E-state index in [4.69, 9.17) is 17.3 Å². The number of nitrogens with one attached hydrogen (secondary N) is 1. The van der Waals surface area contributed by atoms with Gasteiger partial charge < -0.3 is 11.1 Å². The lowest BCUT2D eigenvalue weighted by Gasteiger charge is -2.10. The third-order valence-electron chi connectivity index (χ3n) is 1.66. The van der Waals surface area contributed by atoms with Gasteiger partial charge in [0.05, 0.1) is 12.6 Å². The maximum absolute atomic E-state index is 11.2. The highest BCUT2D eigenvalue weighted by Crippen LogP contribution is 1.99. The maximum atomic E-state index is 11.2. The van der Waals surface area contributed by atoms with Crippen molar-refractivity contribution in [2.24, 2.45) is 5.73 Å². The van der Waals surface area contributed by atoms with Crippen LogP contribution in [0, 0.1) is 0 Å². The number of rotatable bonds is 6. The van der Waals surface area contributed by atoms with E-state index < -0.39 is 6.04 Å². The number of hydrogen-bond donors (Lipinski definition) is 2. The SMILES string of the molecule is C=C(Cl)CNC(=O)[C@@H](N)CCCC. The number of carbonyl (C=O) groups excluding carboxylic acids is 1. The molecule has 0 aromatic heterocycles. The van der Waals surface area contributed by atoms with Crippen molar-refractivity contribution in [3.8, 4) is 0 Å². The van der Waals surface area contributed by atoms with Gasteiger partial charge in [-0.2, -0.15) is 0 Å². The summed E-state index contributed by atoms with van der Waals surface area (Å²) in [7, 11) is 0. The lowest BCUT2D eigenvalue weighted by atomic mass is 10.1. The molecule has 0 aliphatic heterocycles. The predicted octanol–water partition coefficient (Wildman–Crippen LogP) is 1.37. The van der Waals surface area contributed by atoms with Crippen LogP contribution in [-0.2, 0) is 4.79 Å². The molecule has 0 aliphatic carbocycles. The van der Waals surface area contributed by atoms with Gasteiger partial charge in [0, 0.05) is 5.03 Å². The molecule has 0 bridgehead atoms. The van der Waals surface area contributed by atoms with Gasteiger partial charge in [-0.05, 0) is 6.42 Å². The Kier molecular flexibility index (Phi) is 6.63. The van der Waals surface area contributed by atoms with Gasteiger partial charge in [0.25, 0.3) is 0 Å². The number of hydrogen-bond acceptors (Lipinski definition) is 2. The summed E-state index contributed by atoms with van der Waals surface area (Å²) in [6, 6.07) is -0.420. The molecule has 0 heterocycles. The van der Waals surface area contributed by atoms with E-state index in [1.807, 2.05) is 0 Å². The van der Waals surface area contributed by atoms with Crippen molar-refractivity contribution in [1.29, 1.82) is 0 Å².